The fraction of sp³-hybridized carbons (Fsp3) is 0.591. The Bertz CT molecular complexity index is 863. The molecule has 2 aliphatic heterocycles. The Morgan fingerprint density at radius 3 is 2.97 bits per heavy atom. The molecule has 1 saturated heterocycles. The van der Waals surface area contributed by atoms with Crippen molar-refractivity contribution in [2.45, 2.75) is 57.9 Å². The van der Waals surface area contributed by atoms with Crippen LogP contribution in [0.5, 0.6) is 5.75 Å². The SMILES string of the molecule is COc1ccc(C)cc1NC(=O)CN1CCCC(c2nnc3n2CCCCC3)C1. The standard InChI is InChI=1S/C22H31N5O2/c1-16-9-10-19(29-2)18(13-16)23-21(28)15-26-11-6-7-17(14-26)22-25-24-20-8-4-3-5-12-27(20)22/h9-10,13,17H,3-8,11-12,14-15H2,1-2H3,(H,23,28). The van der Waals surface area contributed by atoms with Crippen molar-refractivity contribution in [2.75, 3.05) is 32.1 Å². The Labute approximate surface area is 172 Å². The van der Waals surface area contributed by atoms with E-state index in [0.717, 1.165) is 61.8 Å². The average molecular weight is 398 g/mol. The molecule has 2 aromatic rings. The van der Waals surface area contributed by atoms with Crippen molar-refractivity contribution in [3.63, 3.8) is 0 Å². The number of carbonyl (C=O) groups excluding carboxylic acids is 1. The number of anilines is 1. The minimum atomic E-state index is -0.00498. The van der Waals surface area contributed by atoms with Gasteiger partial charge in [0, 0.05) is 25.4 Å². The Morgan fingerprint density at radius 2 is 2.10 bits per heavy atom. The fourth-order valence-electron chi connectivity index (χ4n) is 4.53. The Balaban J connectivity index is 1.40. The first kappa shape index (κ1) is 19.9. The molecule has 1 N–H and O–H groups in total. The summed E-state index contributed by atoms with van der Waals surface area (Å²) in [4.78, 5) is 14.9. The number of rotatable bonds is 5. The molecular formula is C22H31N5O2. The molecule has 1 aromatic heterocycles. The second-order valence-electron chi connectivity index (χ2n) is 8.26. The van der Waals surface area contributed by atoms with E-state index >= 15 is 0 Å². The van der Waals surface area contributed by atoms with Crippen LogP contribution in [-0.4, -0.2) is 52.3 Å². The van der Waals surface area contributed by atoms with Crippen LogP contribution in [0.4, 0.5) is 5.69 Å². The summed E-state index contributed by atoms with van der Waals surface area (Å²) in [6, 6.07) is 5.81. The predicted octanol–water partition coefficient (Wildman–Crippen LogP) is 3.14. The van der Waals surface area contributed by atoms with E-state index in [-0.39, 0.29) is 5.91 Å². The average Bonchev–Trinajstić information content (AvgIpc) is 2.96. The van der Waals surface area contributed by atoms with Crippen molar-refractivity contribution < 1.29 is 9.53 Å². The zero-order valence-corrected chi connectivity index (χ0v) is 17.5. The van der Waals surface area contributed by atoms with E-state index < -0.39 is 0 Å². The lowest BCUT2D eigenvalue weighted by atomic mass is 9.97. The number of nitrogens with one attached hydrogen (secondary N) is 1. The van der Waals surface area contributed by atoms with Crippen LogP contribution in [0.1, 0.15) is 55.2 Å². The molecule has 0 aliphatic carbocycles. The molecule has 156 valence electrons. The van der Waals surface area contributed by atoms with E-state index in [1.165, 1.54) is 19.3 Å². The number of benzene rings is 1. The Morgan fingerprint density at radius 1 is 1.21 bits per heavy atom. The molecule has 0 radical (unpaired) electrons. The molecule has 0 spiro atoms. The van der Waals surface area contributed by atoms with Crippen molar-refractivity contribution in [3.8, 4) is 5.75 Å². The molecule has 1 amide bonds. The van der Waals surface area contributed by atoms with Crippen molar-refractivity contribution in [1.82, 2.24) is 19.7 Å². The monoisotopic (exact) mass is 397 g/mol. The van der Waals surface area contributed by atoms with Gasteiger partial charge in [-0.1, -0.05) is 12.5 Å². The largest absolute Gasteiger partial charge is 0.495 e. The van der Waals surface area contributed by atoms with Crippen LogP contribution in [0, 0.1) is 6.92 Å². The molecule has 1 fully saturated rings. The van der Waals surface area contributed by atoms with E-state index in [1.807, 2.05) is 25.1 Å². The van der Waals surface area contributed by atoms with Gasteiger partial charge in [-0.2, -0.15) is 0 Å². The maximum atomic E-state index is 12.7. The summed E-state index contributed by atoms with van der Waals surface area (Å²) in [5.74, 6) is 3.29. The summed E-state index contributed by atoms with van der Waals surface area (Å²) in [6.07, 6.45) is 6.90. The number of amides is 1. The molecule has 0 bridgehead atoms. The van der Waals surface area contributed by atoms with E-state index in [0.29, 0.717) is 18.2 Å². The smallest absolute Gasteiger partial charge is 0.238 e. The molecule has 7 nitrogen and oxygen atoms in total. The van der Waals surface area contributed by atoms with Crippen LogP contribution in [0.3, 0.4) is 0 Å². The number of piperidine rings is 1. The second-order valence-corrected chi connectivity index (χ2v) is 8.26. The molecule has 2 aliphatic rings. The highest BCUT2D eigenvalue weighted by atomic mass is 16.5. The summed E-state index contributed by atoms with van der Waals surface area (Å²) < 4.78 is 7.72. The van der Waals surface area contributed by atoms with Gasteiger partial charge in [-0.25, -0.2) is 0 Å². The van der Waals surface area contributed by atoms with Gasteiger partial charge in [0.15, 0.2) is 0 Å². The van der Waals surface area contributed by atoms with Gasteiger partial charge in [-0.15, -0.1) is 10.2 Å². The summed E-state index contributed by atoms with van der Waals surface area (Å²) in [5, 5.41) is 12.0. The number of carbonyl (C=O) groups is 1. The number of fused-ring (bicyclic) bond motifs is 1. The maximum absolute atomic E-state index is 12.7. The molecule has 0 saturated carbocycles. The summed E-state index contributed by atoms with van der Waals surface area (Å²) >= 11 is 0. The molecule has 1 atom stereocenters. The summed E-state index contributed by atoms with van der Waals surface area (Å²) in [7, 11) is 1.62. The number of hydrogen-bond acceptors (Lipinski definition) is 5. The minimum absolute atomic E-state index is 0.00498. The third-order valence-corrected chi connectivity index (χ3v) is 6.01. The molecule has 3 heterocycles. The highest BCUT2D eigenvalue weighted by Crippen LogP contribution is 2.28. The molecule has 1 aromatic carbocycles. The molecule has 29 heavy (non-hydrogen) atoms. The van der Waals surface area contributed by atoms with Crippen molar-refractivity contribution in [3.05, 3.63) is 35.4 Å². The zero-order valence-electron chi connectivity index (χ0n) is 17.5. The number of nitrogens with zero attached hydrogens (tertiary/aromatic N) is 4. The van der Waals surface area contributed by atoms with Gasteiger partial charge in [0.25, 0.3) is 0 Å². The zero-order chi connectivity index (χ0) is 20.2. The van der Waals surface area contributed by atoms with Crippen LogP contribution in [0.25, 0.3) is 0 Å². The number of methoxy groups -OCH3 is 1. The minimum Gasteiger partial charge on any atom is -0.495 e. The number of hydrogen-bond donors (Lipinski definition) is 1. The fourth-order valence-corrected chi connectivity index (χ4v) is 4.53. The van der Waals surface area contributed by atoms with Crippen LogP contribution in [-0.2, 0) is 17.8 Å². The van der Waals surface area contributed by atoms with E-state index in [1.54, 1.807) is 7.11 Å². The highest BCUT2D eigenvalue weighted by molar-refractivity contribution is 5.93. The number of likely N-dealkylation sites (tertiary alicyclic amines) is 1. The number of aromatic nitrogens is 3. The number of aryl methyl sites for hydroxylation is 2. The van der Waals surface area contributed by atoms with Crippen LogP contribution >= 0.6 is 0 Å². The van der Waals surface area contributed by atoms with Gasteiger partial charge in [0.1, 0.15) is 17.4 Å². The first-order valence-electron chi connectivity index (χ1n) is 10.7. The van der Waals surface area contributed by atoms with Gasteiger partial charge in [0.05, 0.1) is 19.3 Å². The van der Waals surface area contributed by atoms with Crippen LogP contribution < -0.4 is 10.1 Å². The lowest BCUT2D eigenvalue weighted by Gasteiger charge is -2.32. The second kappa shape index (κ2) is 8.95. The number of ether oxygens (including phenoxy) is 1. The van der Waals surface area contributed by atoms with Crippen LogP contribution in [0.15, 0.2) is 18.2 Å². The molecular weight excluding hydrogens is 366 g/mol. The quantitative estimate of drug-likeness (QED) is 0.839. The highest BCUT2D eigenvalue weighted by Gasteiger charge is 2.28. The van der Waals surface area contributed by atoms with Gasteiger partial charge in [-0.3, -0.25) is 9.69 Å². The lowest BCUT2D eigenvalue weighted by molar-refractivity contribution is -0.117. The van der Waals surface area contributed by atoms with Gasteiger partial charge in [0.2, 0.25) is 5.91 Å². The van der Waals surface area contributed by atoms with Gasteiger partial charge < -0.3 is 14.6 Å². The first-order valence-corrected chi connectivity index (χ1v) is 10.7. The first-order chi connectivity index (χ1) is 14.1. The van der Waals surface area contributed by atoms with Crippen LogP contribution in [0.2, 0.25) is 0 Å². The summed E-state index contributed by atoms with van der Waals surface area (Å²) in [6.45, 7) is 5.22. The Hall–Kier alpha value is -2.41. The maximum Gasteiger partial charge on any atom is 0.238 e. The lowest BCUT2D eigenvalue weighted by Crippen LogP contribution is -2.40. The summed E-state index contributed by atoms with van der Waals surface area (Å²) in [5.41, 5.74) is 1.82. The van der Waals surface area contributed by atoms with Crippen molar-refractivity contribution >= 4 is 11.6 Å². The van der Waals surface area contributed by atoms with E-state index in [9.17, 15) is 4.79 Å². The topological polar surface area (TPSA) is 72.3 Å². The van der Waals surface area contributed by atoms with E-state index in [4.69, 9.17) is 4.74 Å². The third-order valence-electron chi connectivity index (χ3n) is 6.01. The van der Waals surface area contributed by atoms with Crippen molar-refractivity contribution in [2.24, 2.45) is 0 Å². The molecule has 7 heteroatoms. The van der Waals surface area contributed by atoms with E-state index in [2.05, 4.69) is 25.0 Å². The molecule has 1 unspecified atom stereocenters. The third kappa shape index (κ3) is 4.61. The predicted molar refractivity (Wildman–Crippen MR) is 112 cm³/mol. The van der Waals surface area contributed by atoms with Gasteiger partial charge in [-0.05, 0) is 56.8 Å². The Kier molecular flexibility index (Phi) is 6.13. The van der Waals surface area contributed by atoms with Crippen molar-refractivity contribution in [1.29, 1.82) is 0 Å². The molecule has 4 rings (SSSR count). The van der Waals surface area contributed by atoms with Gasteiger partial charge >= 0.3 is 0 Å². The normalized spacial score (nSPS) is 20.0.